The molecule has 1 aromatic heterocycles. The number of carbonyl (C=O) groups is 1. The van der Waals surface area contributed by atoms with Crippen LogP contribution in [0.5, 0.6) is 0 Å². The van der Waals surface area contributed by atoms with Crippen LogP contribution in [0.1, 0.15) is 68.0 Å². The van der Waals surface area contributed by atoms with Crippen molar-refractivity contribution in [3.05, 3.63) is 65.6 Å². The van der Waals surface area contributed by atoms with Crippen LogP contribution in [-0.2, 0) is 4.79 Å². The minimum Gasteiger partial charge on any atom is -0.480 e. The van der Waals surface area contributed by atoms with Gasteiger partial charge in [-0.2, -0.15) is 0 Å². The highest BCUT2D eigenvalue weighted by atomic mass is 19.1. The first-order valence-electron chi connectivity index (χ1n) is 14.4. The van der Waals surface area contributed by atoms with E-state index in [2.05, 4.69) is 45.3 Å². The summed E-state index contributed by atoms with van der Waals surface area (Å²) >= 11 is 0. The zero-order chi connectivity index (χ0) is 26.1. The number of hydrogen-bond donors (Lipinski definition) is 1. The Labute approximate surface area is 223 Å². The number of carboxylic acid groups (broad SMARTS) is 1. The fourth-order valence-corrected chi connectivity index (χ4v) is 7.45. The Morgan fingerprint density at radius 1 is 1.03 bits per heavy atom. The van der Waals surface area contributed by atoms with E-state index in [0.717, 1.165) is 82.3 Å². The van der Waals surface area contributed by atoms with E-state index in [-0.39, 0.29) is 17.8 Å². The molecule has 2 aromatic carbocycles. The van der Waals surface area contributed by atoms with Crippen molar-refractivity contribution in [2.24, 2.45) is 11.8 Å². The van der Waals surface area contributed by atoms with E-state index in [1.807, 2.05) is 0 Å². The molecule has 2 aliphatic heterocycles. The van der Waals surface area contributed by atoms with E-state index in [9.17, 15) is 14.3 Å². The van der Waals surface area contributed by atoms with Crippen molar-refractivity contribution >= 4 is 16.9 Å². The number of fused-ring (bicyclic) bond motifs is 1. The molecule has 0 bridgehead atoms. The molecule has 1 N–H and O–H groups in total. The molecule has 3 atom stereocenters. The van der Waals surface area contributed by atoms with Gasteiger partial charge in [0, 0.05) is 42.9 Å². The fourth-order valence-electron chi connectivity index (χ4n) is 7.45. The van der Waals surface area contributed by atoms with Crippen molar-refractivity contribution in [2.75, 3.05) is 32.7 Å². The third-order valence-corrected chi connectivity index (χ3v) is 9.37. The van der Waals surface area contributed by atoms with Crippen molar-refractivity contribution in [1.29, 1.82) is 0 Å². The number of carboxylic acids is 1. The maximum Gasteiger partial charge on any atom is 0.321 e. The van der Waals surface area contributed by atoms with Gasteiger partial charge in [0.2, 0.25) is 0 Å². The molecular formula is C31H38FN3O3. The first-order valence-corrected chi connectivity index (χ1v) is 14.4. The van der Waals surface area contributed by atoms with Crippen LogP contribution in [0.2, 0.25) is 0 Å². The highest BCUT2D eigenvalue weighted by molar-refractivity contribution is 5.80. The average Bonchev–Trinajstić information content (AvgIpc) is 3.54. The lowest BCUT2D eigenvalue weighted by Crippen LogP contribution is -2.46. The van der Waals surface area contributed by atoms with Crippen molar-refractivity contribution < 1.29 is 18.8 Å². The second-order valence-electron chi connectivity index (χ2n) is 11.7. The molecule has 38 heavy (non-hydrogen) atoms. The summed E-state index contributed by atoms with van der Waals surface area (Å²) in [6, 6.07) is 15.0. The van der Waals surface area contributed by atoms with Gasteiger partial charge in [-0.15, -0.1) is 0 Å². The normalized spacial score (nSPS) is 25.2. The summed E-state index contributed by atoms with van der Waals surface area (Å²) in [5.41, 5.74) is 2.79. The van der Waals surface area contributed by atoms with Gasteiger partial charge in [-0.3, -0.25) is 9.69 Å². The highest BCUT2D eigenvalue weighted by Gasteiger charge is 2.43. The summed E-state index contributed by atoms with van der Waals surface area (Å²) in [5, 5.41) is 15.5. The van der Waals surface area contributed by atoms with Gasteiger partial charge >= 0.3 is 5.97 Å². The number of aliphatic carboxylic acids is 1. The lowest BCUT2D eigenvalue weighted by Gasteiger charge is -2.35. The second-order valence-corrected chi connectivity index (χ2v) is 11.7. The summed E-state index contributed by atoms with van der Waals surface area (Å²) in [6.45, 7) is 4.59. The predicted molar refractivity (Wildman–Crippen MR) is 145 cm³/mol. The Morgan fingerprint density at radius 2 is 1.79 bits per heavy atom. The Morgan fingerprint density at radius 3 is 2.53 bits per heavy atom. The molecule has 1 saturated carbocycles. The molecule has 7 heteroatoms. The molecule has 1 aliphatic carbocycles. The Kier molecular flexibility index (Phi) is 7.48. The van der Waals surface area contributed by atoms with Gasteiger partial charge in [-0.1, -0.05) is 54.8 Å². The lowest BCUT2D eigenvalue weighted by atomic mass is 9.83. The molecule has 3 aliphatic rings. The largest absolute Gasteiger partial charge is 0.480 e. The molecule has 2 saturated heterocycles. The van der Waals surface area contributed by atoms with Crippen molar-refractivity contribution in [1.82, 2.24) is 15.0 Å². The number of benzene rings is 2. The Bertz CT molecular complexity index is 1230. The number of rotatable bonds is 7. The number of aromatic nitrogens is 1. The van der Waals surface area contributed by atoms with Crippen LogP contribution < -0.4 is 0 Å². The zero-order valence-electron chi connectivity index (χ0n) is 22.0. The zero-order valence-corrected chi connectivity index (χ0v) is 22.0. The fraction of sp³-hybridized carbons (Fsp3) is 0.548. The van der Waals surface area contributed by atoms with E-state index in [0.29, 0.717) is 23.3 Å². The first-order chi connectivity index (χ1) is 18.6. The second kappa shape index (κ2) is 11.1. The van der Waals surface area contributed by atoms with Crippen molar-refractivity contribution in [2.45, 2.75) is 62.8 Å². The van der Waals surface area contributed by atoms with Crippen LogP contribution in [0.3, 0.4) is 0 Å². The Balaban J connectivity index is 1.15. The van der Waals surface area contributed by atoms with Crippen LogP contribution in [0.25, 0.3) is 11.0 Å². The SMILES string of the molecule is O=C(O)[C@@H](C1CCCCC1)N1C[C@H](CN2CCC(c3noc4cc(F)ccc34)CC2)[C@@H](c2ccccc2)C1. The lowest BCUT2D eigenvalue weighted by molar-refractivity contribution is -0.145. The topological polar surface area (TPSA) is 69.8 Å². The summed E-state index contributed by atoms with van der Waals surface area (Å²) in [4.78, 5) is 17.4. The van der Waals surface area contributed by atoms with Crippen LogP contribution in [0, 0.1) is 17.7 Å². The molecule has 6 rings (SSSR count). The summed E-state index contributed by atoms with van der Waals surface area (Å²) < 4.78 is 19.0. The standard InChI is InChI=1S/C31H38FN3O3/c32-25-11-12-26-28(17-25)38-33-29(26)22-13-15-34(16-14-22)18-24-19-35(20-27(24)21-7-3-1-4-8-21)30(31(36)37)23-9-5-2-6-10-23/h1,3-4,7-8,11-12,17,22-24,27,30H,2,5-6,9-10,13-16,18-20H2,(H,36,37)/t24-,27+,30+/m0/s1. The summed E-state index contributed by atoms with van der Waals surface area (Å²) in [7, 11) is 0. The molecule has 3 fully saturated rings. The molecule has 3 aromatic rings. The molecule has 0 radical (unpaired) electrons. The van der Waals surface area contributed by atoms with Gasteiger partial charge in [-0.05, 0) is 68.3 Å². The van der Waals surface area contributed by atoms with Gasteiger partial charge in [0.25, 0.3) is 0 Å². The van der Waals surface area contributed by atoms with E-state index in [1.165, 1.54) is 24.1 Å². The molecular weight excluding hydrogens is 481 g/mol. The van der Waals surface area contributed by atoms with Gasteiger partial charge in [0.05, 0.1) is 5.69 Å². The summed E-state index contributed by atoms with van der Waals surface area (Å²) in [5.74, 6) is 0.361. The number of piperidine rings is 1. The van der Waals surface area contributed by atoms with Gasteiger partial charge < -0.3 is 14.5 Å². The van der Waals surface area contributed by atoms with Gasteiger partial charge in [0.15, 0.2) is 5.58 Å². The Hall–Kier alpha value is -2.77. The third-order valence-electron chi connectivity index (χ3n) is 9.37. The van der Waals surface area contributed by atoms with Crippen molar-refractivity contribution in [3.8, 4) is 0 Å². The minimum atomic E-state index is -0.648. The van der Waals surface area contributed by atoms with E-state index in [1.54, 1.807) is 6.07 Å². The maximum atomic E-state index is 13.6. The molecule has 6 nitrogen and oxygen atoms in total. The van der Waals surface area contributed by atoms with E-state index in [4.69, 9.17) is 4.52 Å². The number of hydrogen-bond acceptors (Lipinski definition) is 5. The maximum absolute atomic E-state index is 13.6. The monoisotopic (exact) mass is 519 g/mol. The van der Waals surface area contributed by atoms with E-state index >= 15 is 0 Å². The van der Waals surface area contributed by atoms with Crippen LogP contribution in [0.4, 0.5) is 4.39 Å². The minimum absolute atomic E-state index is 0.262. The summed E-state index contributed by atoms with van der Waals surface area (Å²) in [6.07, 6.45) is 7.58. The predicted octanol–water partition coefficient (Wildman–Crippen LogP) is 5.90. The highest BCUT2D eigenvalue weighted by Crippen LogP contribution is 2.39. The quantitative estimate of drug-likeness (QED) is 0.419. The third kappa shape index (κ3) is 5.23. The molecule has 3 heterocycles. The molecule has 0 unspecified atom stereocenters. The molecule has 0 amide bonds. The van der Waals surface area contributed by atoms with Crippen molar-refractivity contribution in [3.63, 3.8) is 0 Å². The number of halogens is 1. The average molecular weight is 520 g/mol. The van der Waals surface area contributed by atoms with E-state index < -0.39 is 5.97 Å². The number of likely N-dealkylation sites (tertiary alicyclic amines) is 2. The number of nitrogens with zero attached hydrogens (tertiary/aromatic N) is 3. The molecule has 202 valence electrons. The first kappa shape index (κ1) is 25.5. The smallest absolute Gasteiger partial charge is 0.321 e. The van der Waals surface area contributed by atoms with Crippen LogP contribution in [0.15, 0.2) is 53.1 Å². The van der Waals surface area contributed by atoms with Gasteiger partial charge in [-0.25, -0.2) is 4.39 Å². The molecule has 0 spiro atoms. The van der Waals surface area contributed by atoms with Crippen LogP contribution >= 0.6 is 0 Å². The van der Waals surface area contributed by atoms with Gasteiger partial charge in [0.1, 0.15) is 11.9 Å². The van der Waals surface area contributed by atoms with Crippen LogP contribution in [-0.4, -0.2) is 64.8 Å².